The predicted octanol–water partition coefficient (Wildman–Crippen LogP) is 2.42. The highest BCUT2D eigenvalue weighted by molar-refractivity contribution is 6.30. The summed E-state index contributed by atoms with van der Waals surface area (Å²) in [7, 11) is 0. The van der Waals surface area contributed by atoms with Gasteiger partial charge in [0, 0.05) is 16.9 Å². The van der Waals surface area contributed by atoms with Crippen molar-refractivity contribution in [3.8, 4) is 0 Å². The number of nitrogens with zero attached hydrogens (tertiary/aromatic N) is 1. The number of halogens is 1. The Morgan fingerprint density at radius 3 is 2.50 bits per heavy atom. The third kappa shape index (κ3) is 2.23. The molecule has 0 aliphatic rings. The fraction of sp³-hybridized carbons (Fsp3) is 0.0909. The van der Waals surface area contributed by atoms with E-state index in [0.717, 1.165) is 11.4 Å². The second kappa shape index (κ2) is 4.37. The van der Waals surface area contributed by atoms with Gasteiger partial charge in [-0.2, -0.15) is 0 Å². The maximum absolute atomic E-state index is 11.3. The Labute approximate surface area is 97.0 Å². The first kappa shape index (κ1) is 10.7. The van der Waals surface area contributed by atoms with Crippen LogP contribution in [0.1, 0.15) is 11.3 Å². The molecule has 0 fully saturated rings. The summed E-state index contributed by atoms with van der Waals surface area (Å²) in [6, 6.07) is 7.08. The van der Waals surface area contributed by atoms with E-state index in [9.17, 15) is 4.79 Å². The van der Waals surface area contributed by atoms with Crippen molar-refractivity contribution in [3.63, 3.8) is 0 Å². The second-order valence-corrected chi connectivity index (χ2v) is 3.79. The zero-order valence-electron chi connectivity index (χ0n) is 8.62. The normalized spacial score (nSPS) is 11.1. The number of hydrogen-bond acceptors (Lipinski definition) is 2. The zero-order valence-corrected chi connectivity index (χ0v) is 9.38. The molecule has 0 atom stereocenters. The molecule has 0 aliphatic heterocycles. The SMILES string of the molecule is Cc1[nH][nH]c(=O)c1C=Nc1ccc(Cl)cc1. The van der Waals surface area contributed by atoms with Crippen molar-refractivity contribution >= 4 is 23.5 Å². The van der Waals surface area contributed by atoms with Gasteiger partial charge in [0.05, 0.1) is 11.3 Å². The topological polar surface area (TPSA) is 61.0 Å². The van der Waals surface area contributed by atoms with Gasteiger partial charge in [-0.25, -0.2) is 0 Å². The van der Waals surface area contributed by atoms with Crippen molar-refractivity contribution in [3.05, 3.63) is 50.9 Å². The molecule has 2 N–H and O–H groups in total. The van der Waals surface area contributed by atoms with Crippen LogP contribution in [0.15, 0.2) is 34.1 Å². The molecule has 5 heteroatoms. The molecule has 0 aliphatic carbocycles. The monoisotopic (exact) mass is 235 g/mol. The molecular weight excluding hydrogens is 226 g/mol. The molecule has 1 heterocycles. The van der Waals surface area contributed by atoms with Crippen LogP contribution in [0.25, 0.3) is 0 Å². The Kier molecular flexibility index (Phi) is 2.92. The van der Waals surface area contributed by atoms with E-state index < -0.39 is 0 Å². The van der Waals surface area contributed by atoms with Crippen LogP contribution < -0.4 is 5.56 Å². The molecule has 0 bridgehead atoms. The highest BCUT2D eigenvalue weighted by Crippen LogP contribution is 2.15. The maximum atomic E-state index is 11.3. The Morgan fingerprint density at radius 2 is 1.94 bits per heavy atom. The van der Waals surface area contributed by atoms with Gasteiger partial charge in [-0.1, -0.05) is 11.6 Å². The van der Waals surface area contributed by atoms with Crippen LogP contribution in [0.5, 0.6) is 0 Å². The predicted molar refractivity (Wildman–Crippen MR) is 64.9 cm³/mol. The van der Waals surface area contributed by atoms with Crippen LogP contribution in [-0.2, 0) is 0 Å². The van der Waals surface area contributed by atoms with Crippen molar-refractivity contribution in [1.82, 2.24) is 10.2 Å². The summed E-state index contributed by atoms with van der Waals surface area (Å²) in [4.78, 5) is 15.5. The van der Waals surface area contributed by atoms with E-state index in [-0.39, 0.29) is 5.56 Å². The minimum atomic E-state index is -0.171. The molecule has 0 saturated heterocycles. The van der Waals surface area contributed by atoms with Gasteiger partial charge >= 0.3 is 0 Å². The summed E-state index contributed by atoms with van der Waals surface area (Å²) in [5, 5.41) is 5.88. The Bertz CT molecular complexity index is 566. The highest BCUT2D eigenvalue weighted by Gasteiger charge is 2.01. The van der Waals surface area contributed by atoms with Crippen LogP contribution in [0, 0.1) is 6.92 Å². The number of benzene rings is 1. The number of aromatic nitrogens is 2. The molecule has 0 amide bonds. The van der Waals surface area contributed by atoms with Gasteiger partial charge in [-0.15, -0.1) is 0 Å². The number of aliphatic imine (C=N–C) groups is 1. The molecular formula is C11H10ClN3O. The summed E-state index contributed by atoms with van der Waals surface area (Å²) in [5.41, 5.74) is 1.89. The first-order valence-corrected chi connectivity index (χ1v) is 5.11. The molecule has 1 aromatic heterocycles. The molecule has 4 nitrogen and oxygen atoms in total. The quantitative estimate of drug-likeness (QED) is 0.772. The summed E-state index contributed by atoms with van der Waals surface area (Å²) < 4.78 is 0. The van der Waals surface area contributed by atoms with Crippen molar-refractivity contribution < 1.29 is 0 Å². The van der Waals surface area contributed by atoms with Crippen LogP contribution in [-0.4, -0.2) is 16.4 Å². The number of hydrogen-bond donors (Lipinski definition) is 2. The molecule has 1 aromatic carbocycles. The summed E-state index contributed by atoms with van der Waals surface area (Å²) in [6.45, 7) is 1.81. The van der Waals surface area contributed by atoms with Gasteiger partial charge in [0.1, 0.15) is 0 Å². The van der Waals surface area contributed by atoms with Crippen molar-refractivity contribution in [2.45, 2.75) is 6.92 Å². The lowest BCUT2D eigenvalue weighted by Gasteiger charge is -1.92. The van der Waals surface area contributed by atoms with E-state index in [0.29, 0.717) is 10.6 Å². The standard InChI is InChI=1S/C11H10ClN3O/c1-7-10(11(16)15-14-7)6-13-9-4-2-8(12)3-5-9/h2-6H,1H3,(H2,14,15,16). The van der Waals surface area contributed by atoms with E-state index >= 15 is 0 Å². The van der Waals surface area contributed by atoms with Gasteiger partial charge in [0.2, 0.25) is 0 Å². The lowest BCUT2D eigenvalue weighted by Crippen LogP contribution is -2.04. The maximum Gasteiger partial charge on any atom is 0.272 e. The van der Waals surface area contributed by atoms with Crippen LogP contribution in [0.2, 0.25) is 5.02 Å². The number of rotatable bonds is 2. The molecule has 16 heavy (non-hydrogen) atoms. The molecule has 0 unspecified atom stereocenters. The van der Waals surface area contributed by atoms with E-state index in [2.05, 4.69) is 15.2 Å². The van der Waals surface area contributed by atoms with Crippen LogP contribution >= 0.6 is 11.6 Å². The Morgan fingerprint density at radius 1 is 1.25 bits per heavy atom. The Hall–Kier alpha value is -1.81. The smallest absolute Gasteiger partial charge is 0.272 e. The van der Waals surface area contributed by atoms with Gasteiger partial charge in [0.25, 0.3) is 5.56 Å². The number of aromatic amines is 2. The van der Waals surface area contributed by atoms with E-state index in [4.69, 9.17) is 11.6 Å². The van der Waals surface area contributed by atoms with Gasteiger partial charge in [-0.05, 0) is 31.2 Å². The summed E-state index contributed by atoms with van der Waals surface area (Å²) in [5.74, 6) is 0. The minimum absolute atomic E-state index is 0.171. The van der Waals surface area contributed by atoms with Crippen molar-refractivity contribution in [2.75, 3.05) is 0 Å². The lowest BCUT2D eigenvalue weighted by atomic mass is 10.3. The molecule has 2 aromatic rings. The highest BCUT2D eigenvalue weighted by atomic mass is 35.5. The van der Waals surface area contributed by atoms with E-state index in [1.165, 1.54) is 6.21 Å². The van der Waals surface area contributed by atoms with Crippen LogP contribution in [0.4, 0.5) is 5.69 Å². The van der Waals surface area contributed by atoms with E-state index in [1.807, 2.05) is 0 Å². The van der Waals surface area contributed by atoms with Gasteiger partial charge < -0.3 is 5.10 Å². The number of nitrogens with one attached hydrogen (secondary N) is 2. The molecule has 82 valence electrons. The molecule has 0 spiro atoms. The molecule has 0 saturated carbocycles. The van der Waals surface area contributed by atoms with Gasteiger partial charge in [0.15, 0.2) is 0 Å². The summed E-state index contributed by atoms with van der Waals surface area (Å²) >= 11 is 5.75. The average molecular weight is 236 g/mol. The first-order valence-electron chi connectivity index (χ1n) is 4.73. The zero-order chi connectivity index (χ0) is 11.5. The summed E-state index contributed by atoms with van der Waals surface area (Å²) in [6.07, 6.45) is 1.54. The van der Waals surface area contributed by atoms with Crippen LogP contribution in [0.3, 0.4) is 0 Å². The van der Waals surface area contributed by atoms with Crippen molar-refractivity contribution in [1.29, 1.82) is 0 Å². The third-order valence-electron chi connectivity index (χ3n) is 2.18. The second-order valence-electron chi connectivity index (χ2n) is 3.35. The fourth-order valence-corrected chi connectivity index (χ4v) is 1.40. The third-order valence-corrected chi connectivity index (χ3v) is 2.43. The number of H-pyrrole nitrogens is 2. The fourth-order valence-electron chi connectivity index (χ4n) is 1.28. The number of aryl methyl sites for hydroxylation is 1. The molecule has 2 rings (SSSR count). The van der Waals surface area contributed by atoms with Gasteiger partial charge in [-0.3, -0.25) is 14.9 Å². The largest absolute Gasteiger partial charge is 0.302 e. The Balaban J connectivity index is 2.28. The average Bonchev–Trinajstić information content (AvgIpc) is 2.59. The lowest BCUT2D eigenvalue weighted by molar-refractivity contribution is 1.02. The molecule has 0 radical (unpaired) electrons. The van der Waals surface area contributed by atoms with E-state index in [1.54, 1.807) is 31.2 Å². The van der Waals surface area contributed by atoms with Crippen molar-refractivity contribution in [2.24, 2.45) is 4.99 Å². The first-order chi connectivity index (χ1) is 7.66. The minimum Gasteiger partial charge on any atom is -0.302 e.